The summed E-state index contributed by atoms with van der Waals surface area (Å²) < 4.78 is 5.38. The maximum Gasteiger partial charge on any atom is 0.408 e. The Bertz CT molecular complexity index is 782. The standard InChI is InChI=1S/C26H43N3O4/c1-10-11-16-27-23(30)22(20-14-12-19(6)13-15-20)29(18(4)5)24(31)21(17(2)3)28-25(32)33-26(7,8)9/h12-15,17-18,21-22H,10-11,16H2,1-9H3,(H,27,30)(H,28,32). The second kappa shape index (κ2) is 12.6. The third kappa shape index (κ3) is 9.06. The number of unbranched alkanes of at least 4 members (excludes halogenated alkanes) is 1. The first-order chi connectivity index (χ1) is 15.3. The highest BCUT2D eigenvalue weighted by molar-refractivity contribution is 5.92. The van der Waals surface area contributed by atoms with Crippen molar-refractivity contribution < 1.29 is 19.1 Å². The van der Waals surface area contributed by atoms with Gasteiger partial charge in [-0.05, 0) is 59.4 Å². The third-order valence-electron chi connectivity index (χ3n) is 5.16. The topological polar surface area (TPSA) is 87.7 Å². The predicted molar refractivity (Wildman–Crippen MR) is 132 cm³/mol. The highest BCUT2D eigenvalue weighted by Crippen LogP contribution is 2.26. The number of carbonyl (C=O) groups excluding carboxylic acids is 3. The molecule has 0 aliphatic rings. The molecule has 0 aliphatic heterocycles. The molecule has 0 aromatic heterocycles. The summed E-state index contributed by atoms with van der Waals surface area (Å²) in [6, 6.07) is 5.71. The molecule has 0 saturated carbocycles. The van der Waals surface area contributed by atoms with Gasteiger partial charge in [-0.3, -0.25) is 9.59 Å². The van der Waals surface area contributed by atoms with Crippen LogP contribution in [-0.2, 0) is 14.3 Å². The largest absolute Gasteiger partial charge is 0.444 e. The lowest BCUT2D eigenvalue weighted by molar-refractivity contribution is -0.145. The molecule has 7 heteroatoms. The van der Waals surface area contributed by atoms with Gasteiger partial charge >= 0.3 is 6.09 Å². The maximum absolute atomic E-state index is 13.8. The lowest BCUT2D eigenvalue weighted by Gasteiger charge is -2.38. The second-order valence-corrected chi connectivity index (χ2v) is 10.2. The fourth-order valence-corrected chi connectivity index (χ4v) is 3.46. The second-order valence-electron chi connectivity index (χ2n) is 10.2. The van der Waals surface area contributed by atoms with E-state index in [0.29, 0.717) is 6.54 Å². The number of alkyl carbamates (subject to hydrolysis) is 1. The van der Waals surface area contributed by atoms with Crippen LogP contribution >= 0.6 is 0 Å². The summed E-state index contributed by atoms with van der Waals surface area (Å²) >= 11 is 0. The van der Waals surface area contributed by atoms with Crippen molar-refractivity contribution in [2.45, 2.75) is 98.9 Å². The molecule has 3 amide bonds. The van der Waals surface area contributed by atoms with Gasteiger partial charge < -0.3 is 20.3 Å². The van der Waals surface area contributed by atoms with Crippen molar-refractivity contribution in [2.75, 3.05) is 6.54 Å². The summed E-state index contributed by atoms with van der Waals surface area (Å²) in [5.74, 6) is -0.746. The quantitative estimate of drug-likeness (QED) is 0.493. The predicted octanol–water partition coefficient (Wildman–Crippen LogP) is 4.74. The number of nitrogens with one attached hydrogen (secondary N) is 2. The van der Waals surface area contributed by atoms with Crippen molar-refractivity contribution in [3.05, 3.63) is 35.4 Å². The van der Waals surface area contributed by atoms with Crippen molar-refractivity contribution >= 4 is 17.9 Å². The van der Waals surface area contributed by atoms with Gasteiger partial charge in [0, 0.05) is 12.6 Å². The number of rotatable bonds is 10. The van der Waals surface area contributed by atoms with Crippen LogP contribution in [0.4, 0.5) is 4.79 Å². The zero-order valence-electron chi connectivity index (χ0n) is 21.8. The first kappa shape index (κ1) is 28.5. The fraction of sp³-hybridized carbons (Fsp3) is 0.654. The Morgan fingerprint density at radius 2 is 1.61 bits per heavy atom. The molecule has 2 unspecified atom stereocenters. The minimum Gasteiger partial charge on any atom is -0.444 e. The summed E-state index contributed by atoms with van der Waals surface area (Å²) in [5.41, 5.74) is 1.12. The molecule has 33 heavy (non-hydrogen) atoms. The lowest BCUT2D eigenvalue weighted by atomic mass is 9.97. The molecule has 0 fully saturated rings. The van der Waals surface area contributed by atoms with E-state index in [1.807, 2.05) is 58.9 Å². The molecular weight excluding hydrogens is 418 g/mol. The number of hydrogen-bond donors (Lipinski definition) is 2. The van der Waals surface area contributed by atoms with Gasteiger partial charge in [0.1, 0.15) is 17.7 Å². The van der Waals surface area contributed by atoms with Gasteiger partial charge in [0.2, 0.25) is 11.8 Å². The molecule has 0 aliphatic carbocycles. The number of nitrogens with zero attached hydrogens (tertiary/aromatic N) is 1. The molecule has 0 saturated heterocycles. The van der Waals surface area contributed by atoms with E-state index in [0.717, 1.165) is 24.0 Å². The van der Waals surface area contributed by atoms with Crippen molar-refractivity contribution in [2.24, 2.45) is 5.92 Å². The number of hydrogen-bond acceptors (Lipinski definition) is 4. The first-order valence-corrected chi connectivity index (χ1v) is 11.9. The van der Waals surface area contributed by atoms with E-state index >= 15 is 0 Å². The molecule has 0 spiro atoms. The number of aryl methyl sites for hydroxylation is 1. The number of amides is 3. The molecule has 186 valence electrons. The summed E-state index contributed by atoms with van der Waals surface area (Å²) in [6.07, 6.45) is 1.16. The van der Waals surface area contributed by atoms with Gasteiger partial charge in [0.25, 0.3) is 0 Å². The zero-order chi connectivity index (χ0) is 25.3. The SMILES string of the molecule is CCCCNC(=O)C(c1ccc(C)cc1)N(C(=O)C(NC(=O)OC(C)(C)C)C(C)C)C(C)C. The van der Waals surface area contributed by atoms with Crippen LogP contribution in [0.5, 0.6) is 0 Å². The van der Waals surface area contributed by atoms with E-state index in [-0.39, 0.29) is 23.8 Å². The first-order valence-electron chi connectivity index (χ1n) is 11.9. The molecule has 0 heterocycles. The normalized spacial score (nSPS) is 13.4. The van der Waals surface area contributed by atoms with Crippen LogP contribution in [-0.4, -0.2) is 47.0 Å². The van der Waals surface area contributed by atoms with Crippen LogP contribution in [0.15, 0.2) is 24.3 Å². The van der Waals surface area contributed by atoms with Crippen molar-refractivity contribution in [3.8, 4) is 0 Å². The highest BCUT2D eigenvalue weighted by Gasteiger charge is 2.38. The van der Waals surface area contributed by atoms with Crippen LogP contribution in [0.25, 0.3) is 0 Å². The van der Waals surface area contributed by atoms with E-state index < -0.39 is 23.8 Å². The Morgan fingerprint density at radius 1 is 1.03 bits per heavy atom. The van der Waals surface area contributed by atoms with Crippen molar-refractivity contribution in [1.82, 2.24) is 15.5 Å². The summed E-state index contributed by atoms with van der Waals surface area (Å²) in [4.78, 5) is 41.2. The molecule has 1 aromatic rings. The highest BCUT2D eigenvalue weighted by atomic mass is 16.6. The van der Waals surface area contributed by atoms with E-state index in [1.54, 1.807) is 25.7 Å². The van der Waals surface area contributed by atoms with Gasteiger partial charge in [0.05, 0.1) is 0 Å². The van der Waals surface area contributed by atoms with Gasteiger partial charge in [-0.2, -0.15) is 0 Å². The Labute approximate surface area is 199 Å². The Balaban J connectivity index is 3.35. The lowest BCUT2D eigenvalue weighted by Crippen LogP contribution is -2.56. The van der Waals surface area contributed by atoms with Gasteiger partial charge in [-0.1, -0.05) is 57.0 Å². The molecule has 0 radical (unpaired) electrons. The minimum absolute atomic E-state index is 0.201. The van der Waals surface area contributed by atoms with E-state index in [9.17, 15) is 14.4 Å². The summed E-state index contributed by atoms with van der Waals surface area (Å²) in [7, 11) is 0. The van der Waals surface area contributed by atoms with Crippen LogP contribution < -0.4 is 10.6 Å². The average molecular weight is 462 g/mol. The smallest absolute Gasteiger partial charge is 0.408 e. The molecule has 0 bridgehead atoms. The van der Waals surface area contributed by atoms with Crippen molar-refractivity contribution in [1.29, 1.82) is 0 Å². The van der Waals surface area contributed by atoms with E-state index in [2.05, 4.69) is 17.6 Å². The number of carbonyl (C=O) groups is 3. The molecule has 1 rings (SSSR count). The Kier molecular flexibility index (Phi) is 10.9. The molecule has 2 atom stereocenters. The third-order valence-corrected chi connectivity index (χ3v) is 5.16. The Morgan fingerprint density at radius 3 is 2.06 bits per heavy atom. The maximum atomic E-state index is 13.8. The van der Waals surface area contributed by atoms with Gasteiger partial charge in [0.15, 0.2) is 0 Å². The zero-order valence-corrected chi connectivity index (χ0v) is 21.8. The summed E-state index contributed by atoms with van der Waals surface area (Å²) in [5, 5.41) is 5.71. The minimum atomic E-state index is -0.835. The van der Waals surface area contributed by atoms with Crippen LogP contribution in [0, 0.1) is 12.8 Å². The number of ether oxygens (including phenoxy) is 1. The van der Waals surface area contributed by atoms with Gasteiger partial charge in [-0.25, -0.2) is 4.79 Å². The van der Waals surface area contributed by atoms with Crippen LogP contribution in [0.1, 0.15) is 85.4 Å². The molecule has 2 N–H and O–H groups in total. The average Bonchev–Trinajstić information content (AvgIpc) is 2.68. The van der Waals surface area contributed by atoms with Gasteiger partial charge in [-0.15, -0.1) is 0 Å². The molecule has 1 aromatic carbocycles. The summed E-state index contributed by atoms with van der Waals surface area (Å²) in [6.45, 7) is 17.4. The molecular formula is C26H43N3O4. The monoisotopic (exact) mass is 461 g/mol. The van der Waals surface area contributed by atoms with Crippen LogP contribution in [0.3, 0.4) is 0 Å². The van der Waals surface area contributed by atoms with Crippen molar-refractivity contribution in [3.63, 3.8) is 0 Å². The van der Waals surface area contributed by atoms with Crippen LogP contribution in [0.2, 0.25) is 0 Å². The number of benzene rings is 1. The van der Waals surface area contributed by atoms with E-state index in [1.165, 1.54) is 0 Å². The Hall–Kier alpha value is -2.57. The fourth-order valence-electron chi connectivity index (χ4n) is 3.46. The van der Waals surface area contributed by atoms with E-state index in [4.69, 9.17) is 4.74 Å². The molecule has 7 nitrogen and oxygen atoms in total.